The zero-order valence-corrected chi connectivity index (χ0v) is 14.8. The number of hydrogen-bond acceptors (Lipinski definition) is 3. The molecular formula is C16H25BrN2O2. The maximum absolute atomic E-state index is 11.5. The van der Waals surface area contributed by atoms with Crippen molar-refractivity contribution >= 4 is 22.0 Å². The van der Waals surface area contributed by atoms with Crippen LogP contribution in [0, 0.1) is 0 Å². The van der Waals surface area contributed by atoms with Gasteiger partial charge in [-0.05, 0) is 58.4 Å². The van der Waals surface area contributed by atoms with Gasteiger partial charge in [-0.15, -0.1) is 0 Å². The average Bonchev–Trinajstić information content (AvgIpc) is 2.36. The van der Waals surface area contributed by atoms with Crippen LogP contribution in [0.5, 0.6) is 0 Å². The van der Waals surface area contributed by atoms with Crippen LogP contribution in [0.2, 0.25) is 0 Å². The molecule has 0 radical (unpaired) electrons. The van der Waals surface area contributed by atoms with Crippen molar-refractivity contribution in [3.63, 3.8) is 0 Å². The van der Waals surface area contributed by atoms with Gasteiger partial charge in [-0.25, -0.2) is 4.79 Å². The van der Waals surface area contributed by atoms with Crippen LogP contribution in [0.15, 0.2) is 28.7 Å². The molecule has 0 heterocycles. The Morgan fingerprint density at radius 1 is 1.33 bits per heavy atom. The van der Waals surface area contributed by atoms with Crippen LogP contribution in [0.3, 0.4) is 0 Å². The lowest BCUT2D eigenvalue weighted by molar-refractivity contribution is 0.0527. The van der Waals surface area contributed by atoms with Crippen LogP contribution in [-0.2, 0) is 4.74 Å². The predicted octanol–water partition coefficient (Wildman–Crippen LogP) is 4.01. The van der Waals surface area contributed by atoms with E-state index in [-0.39, 0.29) is 12.1 Å². The Morgan fingerprint density at radius 3 is 2.67 bits per heavy atom. The van der Waals surface area contributed by atoms with Crippen LogP contribution in [0.4, 0.5) is 4.79 Å². The Morgan fingerprint density at radius 2 is 2.05 bits per heavy atom. The highest BCUT2D eigenvalue weighted by molar-refractivity contribution is 9.10. The minimum atomic E-state index is -0.447. The number of carbonyl (C=O) groups is 1. The topological polar surface area (TPSA) is 50.4 Å². The second-order valence-corrected chi connectivity index (χ2v) is 6.93. The first kappa shape index (κ1) is 18.0. The second-order valence-electron chi connectivity index (χ2n) is 6.01. The Bertz CT molecular complexity index is 458. The summed E-state index contributed by atoms with van der Waals surface area (Å²) in [5, 5.41) is 6.19. The van der Waals surface area contributed by atoms with Crippen LogP contribution in [0.1, 0.15) is 45.7 Å². The van der Waals surface area contributed by atoms with E-state index in [9.17, 15) is 4.79 Å². The fourth-order valence-corrected chi connectivity index (χ4v) is 2.22. The summed E-state index contributed by atoms with van der Waals surface area (Å²) in [6.07, 6.45) is 0.500. The highest BCUT2D eigenvalue weighted by atomic mass is 79.9. The highest BCUT2D eigenvalue weighted by Gasteiger charge is 2.15. The molecule has 1 amide bonds. The summed E-state index contributed by atoms with van der Waals surface area (Å²) in [6, 6.07) is 8.53. The van der Waals surface area contributed by atoms with Gasteiger partial charge < -0.3 is 15.4 Å². The standard InChI is InChI=1S/C16H25BrN2O2/c1-12(13-7-5-8-14(17)11-13)18-9-6-10-19-15(20)21-16(2,3)4/h5,7-8,11-12,18H,6,9-10H2,1-4H3,(H,19,20)/t12-/m0/s1. The smallest absolute Gasteiger partial charge is 0.407 e. The zero-order valence-electron chi connectivity index (χ0n) is 13.2. The molecule has 0 aliphatic rings. The number of alkyl carbamates (subject to hydrolysis) is 1. The molecule has 1 aromatic rings. The number of carbonyl (C=O) groups excluding carboxylic acids is 1. The van der Waals surface area contributed by atoms with Gasteiger partial charge in [-0.3, -0.25) is 0 Å². The summed E-state index contributed by atoms with van der Waals surface area (Å²) in [4.78, 5) is 11.5. The van der Waals surface area contributed by atoms with Crippen molar-refractivity contribution in [3.05, 3.63) is 34.3 Å². The van der Waals surface area contributed by atoms with Gasteiger partial charge in [0.15, 0.2) is 0 Å². The molecule has 0 bridgehead atoms. The molecular weight excluding hydrogens is 332 g/mol. The quantitative estimate of drug-likeness (QED) is 0.757. The van der Waals surface area contributed by atoms with E-state index in [2.05, 4.69) is 45.6 Å². The van der Waals surface area contributed by atoms with Crippen molar-refractivity contribution in [1.82, 2.24) is 10.6 Å². The van der Waals surface area contributed by atoms with E-state index in [4.69, 9.17) is 4.74 Å². The van der Waals surface area contributed by atoms with E-state index in [1.807, 2.05) is 32.9 Å². The third-order valence-corrected chi connectivity index (χ3v) is 3.31. The third-order valence-electron chi connectivity index (χ3n) is 2.82. The number of hydrogen-bond donors (Lipinski definition) is 2. The predicted molar refractivity (Wildman–Crippen MR) is 89.4 cm³/mol. The van der Waals surface area contributed by atoms with Crippen molar-refractivity contribution in [3.8, 4) is 0 Å². The van der Waals surface area contributed by atoms with Gasteiger partial charge in [0.2, 0.25) is 0 Å². The maximum atomic E-state index is 11.5. The number of ether oxygens (including phenoxy) is 1. The molecule has 0 saturated carbocycles. The lowest BCUT2D eigenvalue weighted by atomic mass is 10.1. The molecule has 4 nitrogen and oxygen atoms in total. The molecule has 1 aromatic carbocycles. The zero-order chi connectivity index (χ0) is 15.9. The second kappa shape index (κ2) is 8.39. The van der Waals surface area contributed by atoms with Gasteiger partial charge >= 0.3 is 6.09 Å². The summed E-state index contributed by atoms with van der Waals surface area (Å²) in [5.74, 6) is 0. The summed E-state index contributed by atoms with van der Waals surface area (Å²) >= 11 is 3.47. The number of amides is 1. The van der Waals surface area contributed by atoms with Gasteiger partial charge in [0, 0.05) is 17.1 Å². The molecule has 2 N–H and O–H groups in total. The first-order valence-electron chi connectivity index (χ1n) is 7.23. The molecule has 0 unspecified atom stereocenters. The van der Waals surface area contributed by atoms with Gasteiger partial charge in [-0.1, -0.05) is 28.1 Å². The van der Waals surface area contributed by atoms with Crippen LogP contribution < -0.4 is 10.6 Å². The molecule has 1 rings (SSSR count). The van der Waals surface area contributed by atoms with E-state index in [1.165, 1.54) is 5.56 Å². The normalized spacial score (nSPS) is 12.8. The fraction of sp³-hybridized carbons (Fsp3) is 0.562. The number of benzene rings is 1. The SMILES string of the molecule is C[C@H](NCCCNC(=O)OC(C)(C)C)c1cccc(Br)c1. The monoisotopic (exact) mass is 356 g/mol. The average molecular weight is 357 g/mol. The van der Waals surface area contributed by atoms with E-state index in [0.717, 1.165) is 17.4 Å². The lowest BCUT2D eigenvalue weighted by Crippen LogP contribution is -2.34. The molecule has 118 valence electrons. The van der Waals surface area contributed by atoms with Gasteiger partial charge in [0.05, 0.1) is 0 Å². The maximum Gasteiger partial charge on any atom is 0.407 e. The van der Waals surface area contributed by atoms with E-state index in [1.54, 1.807) is 0 Å². The Hall–Kier alpha value is -1.07. The van der Waals surface area contributed by atoms with Crippen molar-refractivity contribution in [1.29, 1.82) is 0 Å². The minimum Gasteiger partial charge on any atom is -0.444 e. The molecule has 5 heteroatoms. The Labute approximate surface area is 135 Å². The first-order valence-corrected chi connectivity index (χ1v) is 8.03. The molecule has 0 aliphatic carbocycles. The third kappa shape index (κ3) is 8.07. The Kier molecular flexibility index (Phi) is 7.18. The first-order chi connectivity index (χ1) is 9.78. The summed E-state index contributed by atoms with van der Waals surface area (Å²) in [7, 11) is 0. The molecule has 0 spiro atoms. The fourth-order valence-electron chi connectivity index (χ4n) is 1.81. The summed E-state index contributed by atoms with van der Waals surface area (Å²) in [5.41, 5.74) is 0.793. The van der Waals surface area contributed by atoms with Crippen molar-refractivity contribution in [2.45, 2.75) is 45.8 Å². The number of halogens is 1. The van der Waals surface area contributed by atoms with Crippen LogP contribution in [0.25, 0.3) is 0 Å². The lowest BCUT2D eigenvalue weighted by Gasteiger charge is -2.20. The van der Waals surface area contributed by atoms with Gasteiger partial charge in [0.1, 0.15) is 5.60 Å². The van der Waals surface area contributed by atoms with Crippen molar-refractivity contribution < 1.29 is 9.53 Å². The van der Waals surface area contributed by atoms with E-state index in [0.29, 0.717) is 6.54 Å². The van der Waals surface area contributed by atoms with Crippen LogP contribution >= 0.6 is 15.9 Å². The summed E-state index contributed by atoms with van der Waals surface area (Å²) < 4.78 is 6.26. The molecule has 1 atom stereocenters. The van der Waals surface area contributed by atoms with E-state index < -0.39 is 5.60 Å². The Balaban J connectivity index is 2.18. The van der Waals surface area contributed by atoms with E-state index >= 15 is 0 Å². The van der Waals surface area contributed by atoms with Gasteiger partial charge in [0.25, 0.3) is 0 Å². The van der Waals surface area contributed by atoms with Crippen molar-refractivity contribution in [2.24, 2.45) is 0 Å². The highest BCUT2D eigenvalue weighted by Crippen LogP contribution is 2.17. The largest absolute Gasteiger partial charge is 0.444 e. The molecule has 0 fully saturated rings. The van der Waals surface area contributed by atoms with Crippen molar-refractivity contribution in [2.75, 3.05) is 13.1 Å². The molecule has 0 saturated heterocycles. The number of nitrogens with one attached hydrogen (secondary N) is 2. The summed E-state index contributed by atoms with van der Waals surface area (Å²) in [6.45, 7) is 9.13. The van der Waals surface area contributed by atoms with Crippen LogP contribution in [-0.4, -0.2) is 24.8 Å². The molecule has 0 aliphatic heterocycles. The number of rotatable bonds is 6. The molecule has 0 aromatic heterocycles. The minimum absolute atomic E-state index is 0.282. The molecule has 21 heavy (non-hydrogen) atoms. The van der Waals surface area contributed by atoms with Gasteiger partial charge in [-0.2, -0.15) is 0 Å².